The fourth-order valence-electron chi connectivity index (χ4n) is 2.31. The predicted molar refractivity (Wildman–Crippen MR) is 71.0 cm³/mol. The molecule has 0 saturated carbocycles. The lowest BCUT2D eigenvalue weighted by Crippen LogP contribution is -2.46. The average Bonchev–Trinajstić information content (AvgIpc) is 2.40. The molecule has 18 heavy (non-hydrogen) atoms. The van der Waals surface area contributed by atoms with Crippen molar-refractivity contribution in [1.82, 2.24) is 15.6 Å². The van der Waals surface area contributed by atoms with Crippen molar-refractivity contribution in [2.24, 2.45) is 5.41 Å². The quantitative estimate of drug-likeness (QED) is 0.854. The molecule has 1 aliphatic rings. The van der Waals surface area contributed by atoms with Crippen LogP contribution in [0.15, 0.2) is 24.5 Å². The number of hydrogen-bond donors (Lipinski definition) is 2. The number of carbonyl (C=O) groups excluding carboxylic acids is 1. The van der Waals surface area contributed by atoms with Crippen molar-refractivity contribution in [2.75, 3.05) is 13.1 Å². The lowest BCUT2D eigenvalue weighted by atomic mass is 9.80. The van der Waals surface area contributed by atoms with Gasteiger partial charge in [-0.1, -0.05) is 6.92 Å². The molecule has 1 fully saturated rings. The fourth-order valence-corrected chi connectivity index (χ4v) is 2.31. The van der Waals surface area contributed by atoms with Crippen LogP contribution in [0.5, 0.6) is 0 Å². The van der Waals surface area contributed by atoms with Crippen LogP contribution in [0.3, 0.4) is 0 Å². The summed E-state index contributed by atoms with van der Waals surface area (Å²) >= 11 is 0. The van der Waals surface area contributed by atoms with Gasteiger partial charge in [0.2, 0.25) is 5.91 Å². The Kier molecular flexibility index (Phi) is 3.97. The number of pyridine rings is 1. The maximum absolute atomic E-state index is 12.3. The standard InChI is InChI=1S/C14H21N3O/c1-11(12-3-7-15-8-4-12)17-13(18)14(2)5-9-16-10-6-14/h3-4,7-8,11,16H,5-6,9-10H2,1-2H3,(H,17,18)/t11-/m1/s1. The topological polar surface area (TPSA) is 54.0 Å². The molecule has 4 heteroatoms. The highest BCUT2D eigenvalue weighted by atomic mass is 16.2. The van der Waals surface area contributed by atoms with E-state index < -0.39 is 0 Å². The Morgan fingerprint density at radius 3 is 2.61 bits per heavy atom. The van der Waals surface area contributed by atoms with Gasteiger partial charge in [0.15, 0.2) is 0 Å². The second-order valence-electron chi connectivity index (χ2n) is 5.29. The molecule has 0 spiro atoms. The largest absolute Gasteiger partial charge is 0.349 e. The number of nitrogens with zero attached hydrogens (tertiary/aromatic N) is 1. The third-order valence-electron chi connectivity index (χ3n) is 3.81. The first-order chi connectivity index (χ1) is 8.62. The van der Waals surface area contributed by atoms with Gasteiger partial charge in [-0.25, -0.2) is 0 Å². The first-order valence-electron chi connectivity index (χ1n) is 6.53. The van der Waals surface area contributed by atoms with Crippen molar-refractivity contribution in [3.05, 3.63) is 30.1 Å². The van der Waals surface area contributed by atoms with Gasteiger partial charge in [0.05, 0.1) is 6.04 Å². The highest BCUT2D eigenvalue weighted by molar-refractivity contribution is 5.82. The Hall–Kier alpha value is -1.42. The maximum Gasteiger partial charge on any atom is 0.226 e. The summed E-state index contributed by atoms with van der Waals surface area (Å²) in [4.78, 5) is 16.3. The molecule has 2 heterocycles. The zero-order chi connectivity index (χ0) is 13.0. The van der Waals surface area contributed by atoms with Gasteiger partial charge in [-0.2, -0.15) is 0 Å². The maximum atomic E-state index is 12.3. The average molecular weight is 247 g/mol. The molecule has 0 aliphatic carbocycles. The van der Waals surface area contributed by atoms with Crippen molar-refractivity contribution in [1.29, 1.82) is 0 Å². The summed E-state index contributed by atoms with van der Waals surface area (Å²) in [5.41, 5.74) is 0.864. The van der Waals surface area contributed by atoms with Crippen LogP contribution in [0.1, 0.15) is 38.3 Å². The lowest BCUT2D eigenvalue weighted by Gasteiger charge is -2.33. The van der Waals surface area contributed by atoms with E-state index >= 15 is 0 Å². The summed E-state index contributed by atoms with van der Waals surface area (Å²) in [6.07, 6.45) is 5.32. The van der Waals surface area contributed by atoms with Crippen LogP contribution < -0.4 is 10.6 Å². The van der Waals surface area contributed by atoms with Crippen LogP contribution in [-0.2, 0) is 4.79 Å². The molecule has 0 radical (unpaired) electrons. The minimum absolute atomic E-state index is 0.0345. The van der Waals surface area contributed by atoms with Crippen molar-refractivity contribution >= 4 is 5.91 Å². The molecule has 0 unspecified atom stereocenters. The monoisotopic (exact) mass is 247 g/mol. The minimum Gasteiger partial charge on any atom is -0.349 e. The molecular formula is C14H21N3O. The van der Waals surface area contributed by atoms with Crippen molar-refractivity contribution in [3.63, 3.8) is 0 Å². The summed E-state index contributed by atoms with van der Waals surface area (Å²) in [5, 5.41) is 6.40. The van der Waals surface area contributed by atoms with Crippen molar-refractivity contribution in [3.8, 4) is 0 Å². The lowest BCUT2D eigenvalue weighted by molar-refractivity contribution is -0.132. The number of rotatable bonds is 3. The van der Waals surface area contributed by atoms with Gasteiger partial charge in [0.1, 0.15) is 0 Å². The van der Waals surface area contributed by atoms with Crippen molar-refractivity contribution in [2.45, 2.75) is 32.7 Å². The second kappa shape index (κ2) is 5.48. The van der Waals surface area contributed by atoms with E-state index in [1.807, 2.05) is 19.1 Å². The number of piperidine rings is 1. The fraction of sp³-hybridized carbons (Fsp3) is 0.571. The molecule has 1 amide bonds. The molecule has 1 aromatic rings. The van der Waals surface area contributed by atoms with Crippen LogP contribution in [-0.4, -0.2) is 24.0 Å². The molecule has 98 valence electrons. The third kappa shape index (κ3) is 2.88. The Bertz CT molecular complexity index is 399. The third-order valence-corrected chi connectivity index (χ3v) is 3.81. The first kappa shape index (κ1) is 13.0. The number of carbonyl (C=O) groups is 1. The van der Waals surface area contributed by atoms with E-state index in [9.17, 15) is 4.79 Å². The van der Waals surface area contributed by atoms with E-state index in [2.05, 4.69) is 22.5 Å². The van der Waals surface area contributed by atoms with Gasteiger partial charge in [0.25, 0.3) is 0 Å². The van der Waals surface area contributed by atoms with Crippen LogP contribution >= 0.6 is 0 Å². The van der Waals surface area contributed by atoms with Gasteiger partial charge in [-0.15, -0.1) is 0 Å². The van der Waals surface area contributed by atoms with E-state index in [-0.39, 0.29) is 17.4 Å². The highest BCUT2D eigenvalue weighted by Gasteiger charge is 2.35. The Labute approximate surface area is 108 Å². The smallest absolute Gasteiger partial charge is 0.226 e. The molecular weight excluding hydrogens is 226 g/mol. The van der Waals surface area contributed by atoms with Gasteiger partial charge in [0, 0.05) is 17.8 Å². The van der Waals surface area contributed by atoms with Crippen LogP contribution in [0.4, 0.5) is 0 Å². The first-order valence-corrected chi connectivity index (χ1v) is 6.53. The summed E-state index contributed by atoms with van der Waals surface area (Å²) in [5.74, 6) is 0.160. The van der Waals surface area contributed by atoms with Gasteiger partial charge >= 0.3 is 0 Å². The number of hydrogen-bond acceptors (Lipinski definition) is 3. The molecule has 2 N–H and O–H groups in total. The molecule has 1 saturated heterocycles. The zero-order valence-corrected chi connectivity index (χ0v) is 11.1. The Morgan fingerprint density at radius 1 is 1.39 bits per heavy atom. The molecule has 4 nitrogen and oxygen atoms in total. The summed E-state index contributed by atoms with van der Waals surface area (Å²) < 4.78 is 0. The van der Waals surface area contributed by atoms with Gasteiger partial charge < -0.3 is 10.6 Å². The predicted octanol–water partition coefficient (Wildman–Crippen LogP) is 1.65. The molecule has 2 rings (SSSR count). The Morgan fingerprint density at radius 2 is 2.00 bits per heavy atom. The molecule has 1 atom stereocenters. The summed E-state index contributed by atoms with van der Waals surface area (Å²) in [6, 6.07) is 3.91. The van der Waals surface area contributed by atoms with Crippen molar-refractivity contribution < 1.29 is 4.79 Å². The number of amides is 1. The van der Waals surface area contributed by atoms with E-state index in [4.69, 9.17) is 0 Å². The highest BCUT2D eigenvalue weighted by Crippen LogP contribution is 2.29. The van der Waals surface area contributed by atoms with Crippen LogP contribution in [0, 0.1) is 5.41 Å². The number of nitrogens with one attached hydrogen (secondary N) is 2. The molecule has 1 aliphatic heterocycles. The summed E-state index contributed by atoms with van der Waals surface area (Å²) in [6.45, 7) is 5.92. The summed E-state index contributed by atoms with van der Waals surface area (Å²) in [7, 11) is 0. The minimum atomic E-state index is -0.230. The second-order valence-corrected chi connectivity index (χ2v) is 5.29. The molecule has 0 aromatic carbocycles. The SMILES string of the molecule is C[C@@H](NC(=O)C1(C)CCNCC1)c1ccncc1. The van der Waals surface area contributed by atoms with Crippen LogP contribution in [0.2, 0.25) is 0 Å². The Balaban J connectivity index is 1.98. The zero-order valence-electron chi connectivity index (χ0n) is 11.1. The van der Waals surface area contributed by atoms with Crippen LogP contribution in [0.25, 0.3) is 0 Å². The van der Waals surface area contributed by atoms with E-state index in [0.717, 1.165) is 31.5 Å². The molecule has 1 aromatic heterocycles. The molecule has 0 bridgehead atoms. The van der Waals surface area contributed by atoms with E-state index in [1.165, 1.54) is 0 Å². The van der Waals surface area contributed by atoms with E-state index in [1.54, 1.807) is 12.4 Å². The van der Waals surface area contributed by atoms with Gasteiger partial charge in [-0.3, -0.25) is 9.78 Å². The van der Waals surface area contributed by atoms with E-state index in [0.29, 0.717) is 0 Å². The van der Waals surface area contributed by atoms with Gasteiger partial charge in [-0.05, 0) is 50.6 Å². The number of aromatic nitrogens is 1. The normalized spacial score (nSPS) is 20.1.